The summed E-state index contributed by atoms with van der Waals surface area (Å²) in [7, 11) is 0. The Kier molecular flexibility index (Phi) is 6.40. The van der Waals surface area contributed by atoms with E-state index in [-0.39, 0.29) is 5.41 Å². The van der Waals surface area contributed by atoms with Crippen LogP contribution in [0.15, 0.2) is 133 Å². The molecule has 0 N–H and O–H groups in total. The molecule has 6 aromatic carbocycles. The lowest BCUT2D eigenvalue weighted by atomic mass is 9.66. The Morgan fingerprint density at radius 3 is 2.14 bits per heavy atom. The maximum absolute atomic E-state index is 5.41. The Hall–Kier alpha value is -5.32. The molecule has 0 saturated heterocycles. The largest absolute Gasteiger partial charge is 0.278 e. The molecule has 2 aliphatic rings. The predicted molar refractivity (Wildman–Crippen MR) is 215 cm³/mol. The van der Waals surface area contributed by atoms with E-state index in [0.717, 1.165) is 45.0 Å². The summed E-state index contributed by atoms with van der Waals surface area (Å²) in [6.45, 7) is 2.50. The molecule has 2 aliphatic carbocycles. The first-order chi connectivity index (χ1) is 25.1. The molecule has 2 bridgehead atoms. The maximum atomic E-state index is 5.41. The average molecular weight is 676 g/mol. The van der Waals surface area contributed by atoms with Crippen LogP contribution in [0.1, 0.15) is 44.6 Å². The third-order valence-corrected chi connectivity index (χ3v) is 13.4. The van der Waals surface area contributed by atoms with Gasteiger partial charge in [0.1, 0.15) is 0 Å². The van der Waals surface area contributed by atoms with E-state index in [0.29, 0.717) is 5.95 Å². The summed E-state index contributed by atoms with van der Waals surface area (Å²) < 4.78 is 4.92. The molecule has 0 radical (unpaired) electrons. The zero-order valence-electron chi connectivity index (χ0n) is 28.6. The van der Waals surface area contributed by atoms with Gasteiger partial charge in [-0.05, 0) is 83.5 Å². The van der Waals surface area contributed by atoms with Crippen LogP contribution in [-0.2, 0) is 5.41 Å². The van der Waals surface area contributed by atoms with Crippen molar-refractivity contribution in [1.29, 1.82) is 0 Å². The fraction of sp³-hybridized carbons (Fsp3) is 0.191. The van der Waals surface area contributed by atoms with Gasteiger partial charge < -0.3 is 0 Å². The van der Waals surface area contributed by atoms with Gasteiger partial charge >= 0.3 is 0 Å². The van der Waals surface area contributed by atoms with Crippen molar-refractivity contribution >= 4 is 64.2 Å². The van der Waals surface area contributed by atoms with Crippen LogP contribution < -0.4 is 0 Å². The highest BCUT2D eigenvalue weighted by Gasteiger charge is 2.41. The molecular formula is C47H37N3S. The zero-order valence-corrected chi connectivity index (χ0v) is 29.5. The third-order valence-electron chi connectivity index (χ3n) is 12.2. The SMILES string of the molecule is CC1(c2ccc(-c3nc(-n4c5ccccc5c5cc(-c6cccc7c6sc6ccccc67)ccc54)nc4ccccc34)cc2)C[C@@H]2CC[C@H](C2)C1. The van der Waals surface area contributed by atoms with Crippen LogP contribution in [0.3, 0.4) is 0 Å². The Morgan fingerprint density at radius 1 is 0.608 bits per heavy atom. The molecule has 2 fully saturated rings. The van der Waals surface area contributed by atoms with Crippen molar-refractivity contribution in [1.82, 2.24) is 14.5 Å². The maximum Gasteiger partial charge on any atom is 0.235 e. The van der Waals surface area contributed by atoms with E-state index in [1.54, 1.807) is 0 Å². The van der Waals surface area contributed by atoms with Gasteiger partial charge in [-0.3, -0.25) is 4.57 Å². The van der Waals surface area contributed by atoms with Crippen LogP contribution in [0.5, 0.6) is 0 Å². The summed E-state index contributed by atoms with van der Waals surface area (Å²) in [6.07, 6.45) is 6.91. The van der Waals surface area contributed by atoms with Gasteiger partial charge in [-0.25, -0.2) is 9.97 Å². The van der Waals surface area contributed by atoms with E-state index >= 15 is 0 Å². The molecule has 9 aromatic rings. The fourth-order valence-electron chi connectivity index (χ4n) is 9.89. The predicted octanol–water partition coefficient (Wildman–Crippen LogP) is 12.9. The second-order valence-corrected chi connectivity index (χ2v) is 16.4. The van der Waals surface area contributed by atoms with Crippen LogP contribution in [0.25, 0.3) is 81.2 Å². The molecule has 51 heavy (non-hydrogen) atoms. The highest BCUT2D eigenvalue weighted by Crippen LogP contribution is 2.52. The van der Waals surface area contributed by atoms with Gasteiger partial charge in [0.05, 0.1) is 22.2 Å². The van der Waals surface area contributed by atoms with Gasteiger partial charge in [-0.1, -0.05) is 123 Å². The van der Waals surface area contributed by atoms with Crippen LogP contribution in [0.4, 0.5) is 0 Å². The van der Waals surface area contributed by atoms with E-state index in [4.69, 9.17) is 9.97 Å². The van der Waals surface area contributed by atoms with Gasteiger partial charge in [-0.2, -0.15) is 0 Å². The van der Waals surface area contributed by atoms with Crippen molar-refractivity contribution in [2.24, 2.45) is 11.8 Å². The highest BCUT2D eigenvalue weighted by molar-refractivity contribution is 7.26. The molecule has 3 heterocycles. The number of hydrogen-bond donors (Lipinski definition) is 0. The lowest BCUT2D eigenvalue weighted by molar-refractivity contribution is 0.232. The molecule has 3 aromatic heterocycles. The summed E-state index contributed by atoms with van der Waals surface area (Å²) in [5.74, 6) is 2.50. The summed E-state index contributed by atoms with van der Waals surface area (Å²) in [5.41, 5.74) is 9.54. The molecule has 246 valence electrons. The number of thiophene rings is 1. The number of hydrogen-bond acceptors (Lipinski definition) is 3. The molecule has 2 saturated carbocycles. The Bertz CT molecular complexity index is 2810. The standard InChI is InChI=1S/C47H37N3S/c1-47(27-29-17-18-30(25-29)28-47)33-22-19-31(20-23-33)44-38-11-2-5-14-40(38)48-46(49-44)50-41-15-6-3-9-35(41)39-26-32(21-24-42(39)50)34-12-8-13-37-36-10-4-7-16-43(36)51-45(34)37/h2-16,19-24,26,29-30H,17-18,25,27-28H2,1H3/t29-,30-/m1/s1. The summed E-state index contributed by atoms with van der Waals surface area (Å²) in [4.78, 5) is 10.6. The van der Waals surface area contributed by atoms with Crippen LogP contribution in [0, 0.1) is 11.8 Å². The van der Waals surface area contributed by atoms with E-state index in [9.17, 15) is 0 Å². The van der Waals surface area contributed by atoms with Crippen molar-refractivity contribution in [2.45, 2.75) is 44.4 Å². The van der Waals surface area contributed by atoms with E-state index in [1.165, 1.54) is 79.7 Å². The van der Waals surface area contributed by atoms with Gasteiger partial charge in [0.2, 0.25) is 5.95 Å². The fourth-order valence-corrected chi connectivity index (χ4v) is 11.1. The van der Waals surface area contributed by atoms with Crippen LogP contribution in [0.2, 0.25) is 0 Å². The van der Waals surface area contributed by atoms with Crippen LogP contribution >= 0.6 is 11.3 Å². The van der Waals surface area contributed by atoms with Gasteiger partial charge in [0, 0.05) is 41.9 Å². The van der Waals surface area contributed by atoms with Gasteiger partial charge in [0.15, 0.2) is 0 Å². The Balaban J connectivity index is 1.07. The molecular weight excluding hydrogens is 639 g/mol. The molecule has 0 unspecified atom stereocenters. The van der Waals surface area contributed by atoms with Gasteiger partial charge in [0.25, 0.3) is 0 Å². The molecule has 3 nitrogen and oxygen atoms in total. The molecule has 4 heteroatoms. The molecule has 11 rings (SSSR count). The van der Waals surface area contributed by atoms with Crippen molar-refractivity contribution in [3.63, 3.8) is 0 Å². The average Bonchev–Trinajstić information content (AvgIpc) is 3.84. The lowest BCUT2D eigenvalue weighted by Crippen LogP contribution is -2.30. The Morgan fingerprint density at radius 2 is 1.29 bits per heavy atom. The molecule has 0 spiro atoms. The number of rotatable bonds is 4. The summed E-state index contributed by atoms with van der Waals surface area (Å²) in [6, 6.07) is 48.9. The smallest absolute Gasteiger partial charge is 0.235 e. The second kappa shape index (κ2) is 11.1. The summed E-state index contributed by atoms with van der Waals surface area (Å²) >= 11 is 1.88. The van der Waals surface area contributed by atoms with E-state index in [2.05, 4.69) is 145 Å². The quantitative estimate of drug-likeness (QED) is 0.186. The highest BCUT2D eigenvalue weighted by atomic mass is 32.1. The number of para-hydroxylation sites is 2. The summed E-state index contributed by atoms with van der Waals surface area (Å²) in [5, 5.41) is 6.14. The molecule has 2 atom stereocenters. The van der Waals surface area contributed by atoms with Crippen molar-refractivity contribution in [3.8, 4) is 28.3 Å². The lowest BCUT2D eigenvalue weighted by Gasteiger charge is -2.38. The van der Waals surface area contributed by atoms with Gasteiger partial charge in [-0.15, -0.1) is 11.3 Å². The number of nitrogens with zero attached hydrogens (tertiary/aromatic N) is 3. The minimum atomic E-state index is 0.270. The van der Waals surface area contributed by atoms with Crippen LogP contribution in [-0.4, -0.2) is 14.5 Å². The first-order valence-corrected chi connectivity index (χ1v) is 19.2. The minimum Gasteiger partial charge on any atom is -0.278 e. The number of aromatic nitrogens is 3. The van der Waals surface area contributed by atoms with Crippen molar-refractivity contribution in [3.05, 3.63) is 139 Å². The number of benzene rings is 6. The monoisotopic (exact) mass is 675 g/mol. The second-order valence-electron chi connectivity index (χ2n) is 15.3. The first kappa shape index (κ1) is 29.4. The third kappa shape index (κ3) is 4.55. The van der Waals surface area contributed by atoms with E-state index in [1.807, 2.05) is 11.3 Å². The number of fused-ring (bicyclic) bond motifs is 9. The molecule has 0 aliphatic heterocycles. The van der Waals surface area contributed by atoms with Crippen molar-refractivity contribution < 1.29 is 0 Å². The topological polar surface area (TPSA) is 30.7 Å². The normalized spacial score (nSPS) is 20.3. The zero-order chi connectivity index (χ0) is 33.7. The minimum absolute atomic E-state index is 0.270. The molecule has 0 amide bonds. The Labute approximate surface area is 301 Å². The first-order valence-electron chi connectivity index (χ1n) is 18.4. The van der Waals surface area contributed by atoms with Crippen molar-refractivity contribution in [2.75, 3.05) is 0 Å². The van der Waals surface area contributed by atoms with E-state index < -0.39 is 0 Å².